The SMILES string of the molecule is CCc1nc(N(CC)c2cccc(C)c2)sc1C(=O)O. The average Bonchev–Trinajstić information content (AvgIpc) is 2.84. The normalized spacial score (nSPS) is 10.6. The standard InChI is InChI=1S/C15H18N2O2S/c1-4-12-13(14(18)19)20-15(16-12)17(5-2)11-8-6-7-10(3)9-11/h6-9H,4-5H2,1-3H3,(H,18,19). The molecule has 2 aromatic rings. The van der Waals surface area contributed by atoms with Crippen LogP contribution in [0.2, 0.25) is 0 Å². The Bertz CT molecular complexity index is 622. The molecule has 1 heterocycles. The monoisotopic (exact) mass is 290 g/mol. The summed E-state index contributed by atoms with van der Waals surface area (Å²) < 4.78 is 0. The fourth-order valence-corrected chi connectivity index (χ4v) is 3.16. The maximum Gasteiger partial charge on any atom is 0.347 e. The van der Waals surface area contributed by atoms with Gasteiger partial charge in [0.15, 0.2) is 5.13 Å². The number of benzene rings is 1. The first-order valence-corrected chi connectivity index (χ1v) is 7.45. The molecule has 0 aliphatic heterocycles. The molecular weight excluding hydrogens is 272 g/mol. The molecule has 0 atom stereocenters. The molecule has 4 nitrogen and oxygen atoms in total. The molecule has 0 amide bonds. The molecule has 0 saturated heterocycles. The smallest absolute Gasteiger partial charge is 0.347 e. The van der Waals surface area contributed by atoms with Gasteiger partial charge in [-0.2, -0.15) is 0 Å². The maximum atomic E-state index is 11.2. The molecule has 0 aliphatic carbocycles. The van der Waals surface area contributed by atoms with Crippen LogP contribution in [0.1, 0.15) is 34.8 Å². The predicted molar refractivity (Wildman–Crippen MR) is 82.3 cm³/mol. The number of thiazole rings is 1. The van der Waals surface area contributed by atoms with Crippen LogP contribution < -0.4 is 4.90 Å². The van der Waals surface area contributed by atoms with Crippen LogP contribution in [0.3, 0.4) is 0 Å². The third-order valence-corrected chi connectivity index (χ3v) is 4.18. The Morgan fingerprint density at radius 2 is 2.15 bits per heavy atom. The Morgan fingerprint density at radius 1 is 1.40 bits per heavy atom. The second-order valence-electron chi connectivity index (χ2n) is 4.51. The number of anilines is 2. The fraction of sp³-hybridized carbons (Fsp3) is 0.333. The summed E-state index contributed by atoms with van der Waals surface area (Å²) in [7, 11) is 0. The zero-order valence-electron chi connectivity index (χ0n) is 11.9. The third-order valence-electron chi connectivity index (χ3n) is 3.08. The van der Waals surface area contributed by atoms with Crippen LogP contribution in [-0.4, -0.2) is 22.6 Å². The van der Waals surface area contributed by atoms with Crippen LogP contribution in [-0.2, 0) is 6.42 Å². The minimum absolute atomic E-state index is 0.341. The summed E-state index contributed by atoms with van der Waals surface area (Å²) in [5, 5.41) is 9.97. The highest BCUT2D eigenvalue weighted by molar-refractivity contribution is 7.17. The lowest BCUT2D eigenvalue weighted by atomic mass is 10.2. The quantitative estimate of drug-likeness (QED) is 0.908. The summed E-state index contributed by atoms with van der Waals surface area (Å²) >= 11 is 1.24. The first kappa shape index (κ1) is 14.5. The van der Waals surface area contributed by atoms with Crippen molar-refractivity contribution in [3.8, 4) is 0 Å². The van der Waals surface area contributed by atoms with E-state index in [1.165, 1.54) is 16.9 Å². The average molecular weight is 290 g/mol. The molecule has 5 heteroatoms. The van der Waals surface area contributed by atoms with Gasteiger partial charge in [0.1, 0.15) is 4.88 Å². The molecule has 0 saturated carbocycles. The van der Waals surface area contributed by atoms with Crippen LogP contribution in [0.4, 0.5) is 10.8 Å². The second kappa shape index (κ2) is 6.05. The van der Waals surface area contributed by atoms with Crippen molar-refractivity contribution < 1.29 is 9.90 Å². The summed E-state index contributed by atoms with van der Waals surface area (Å²) in [6, 6.07) is 8.14. The number of nitrogens with zero attached hydrogens (tertiary/aromatic N) is 2. The zero-order valence-corrected chi connectivity index (χ0v) is 12.7. The summed E-state index contributed by atoms with van der Waals surface area (Å²) in [6.45, 7) is 6.75. The maximum absolute atomic E-state index is 11.2. The minimum Gasteiger partial charge on any atom is -0.477 e. The van der Waals surface area contributed by atoms with Gasteiger partial charge in [0.05, 0.1) is 5.69 Å². The highest BCUT2D eigenvalue weighted by Gasteiger charge is 2.19. The van der Waals surface area contributed by atoms with Gasteiger partial charge in [-0.1, -0.05) is 30.4 Å². The molecule has 2 rings (SSSR count). The Balaban J connectivity index is 2.44. The van der Waals surface area contributed by atoms with E-state index in [4.69, 9.17) is 0 Å². The lowest BCUT2D eigenvalue weighted by Crippen LogP contribution is -2.15. The van der Waals surface area contributed by atoms with E-state index < -0.39 is 5.97 Å². The molecule has 0 fully saturated rings. The summed E-state index contributed by atoms with van der Waals surface area (Å²) in [4.78, 5) is 18.1. The van der Waals surface area contributed by atoms with Crippen molar-refractivity contribution in [2.45, 2.75) is 27.2 Å². The van der Waals surface area contributed by atoms with Gasteiger partial charge in [0.25, 0.3) is 0 Å². The van der Waals surface area contributed by atoms with Gasteiger partial charge < -0.3 is 10.0 Å². The molecule has 1 aromatic heterocycles. The molecule has 0 aliphatic rings. The summed E-state index contributed by atoms with van der Waals surface area (Å²) in [5.41, 5.74) is 2.87. The molecule has 106 valence electrons. The number of aromatic carboxylic acids is 1. The van der Waals surface area contributed by atoms with Gasteiger partial charge in [-0.15, -0.1) is 0 Å². The lowest BCUT2D eigenvalue weighted by Gasteiger charge is -2.20. The van der Waals surface area contributed by atoms with Gasteiger partial charge in [0.2, 0.25) is 0 Å². The minimum atomic E-state index is -0.897. The number of hydrogen-bond acceptors (Lipinski definition) is 4. The zero-order chi connectivity index (χ0) is 14.7. The number of rotatable bonds is 5. The van der Waals surface area contributed by atoms with E-state index in [-0.39, 0.29) is 0 Å². The van der Waals surface area contributed by atoms with Gasteiger partial charge in [-0.05, 0) is 38.0 Å². The lowest BCUT2D eigenvalue weighted by molar-refractivity contribution is 0.0701. The molecule has 1 aromatic carbocycles. The van der Waals surface area contributed by atoms with Crippen molar-refractivity contribution in [3.63, 3.8) is 0 Å². The van der Waals surface area contributed by atoms with E-state index in [1.54, 1.807) is 0 Å². The molecule has 1 N–H and O–H groups in total. The largest absolute Gasteiger partial charge is 0.477 e. The number of carboxylic acids is 1. The molecule has 0 bridgehead atoms. The Morgan fingerprint density at radius 3 is 2.65 bits per heavy atom. The van der Waals surface area contributed by atoms with Crippen molar-refractivity contribution in [1.29, 1.82) is 0 Å². The fourth-order valence-electron chi connectivity index (χ4n) is 2.09. The van der Waals surface area contributed by atoms with E-state index in [0.717, 1.165) is 17.4 Å². The molecular formula is C15H18N2O2S. The van der Waals surface area contributed by atoms with Gasteiger partial charge in [-0.25, -0.2) is 9.78 Å². The van der Waals surface area contributed by atoms with Crippen molar-refractivity contribution in [2.75, 3.05) is 11.4 Å². The first-order chi connectivity index (χ1) is 9.56. The highest BCUT2D eigenvalue weighted by atomic mass is 32.1. The van der Waals surface area contributed by atoms with Crippen LogP contribution in [0.5, 0.6) is 0 Å². The van der Waals surface area contributed by atoms with E-state index in [2.05, 4.69) is 11.1 Å². The number of aryl methyl sites for hydroxylation is 2. The van der Waals surface area contributed by atoms with Crippen LogP contribution in [0.15, 0.2) is 24.3 Å². The molecule has 0 spiro atoms. The first-order valence-electron chi connectivity index (χ1n) is 6.64. The number of carbonyl (C=O) groups is 1. The van der Waals surface area contributed by atoms with Crippen LogP contribution in [0.25, 0.3) is 0 Å². The predicted octanol–water partition coefficient (Wildman–Crippen LogP) is 3.87. The third kappa shape index (κ3) is 2.82. The Kier molecular flexibility index (Phi) is 4.39. The Labute approximate surface area is 122 Å². The molecule has 0 radical (unpaired) electrons. The van der Waals surface area contributed by atoms with Crippen LogP contribution >= 0.6 is 11.3 Å². The highest BCUT2D eigenvalue weighted by Crippen LogP contribution is 2.32. The second-order valence-corrected chi connectivity index (χ2v) is 5.49. The number of aromatic nitrogens is 1. The van der Waals surface area contributed by atoms with E-state index in [0.29, 0.717) is 17.0 Å². The van der Waals surface area contributed by atoms with Gasteiger partial charge in [-0.3, -0.25) is 0 Å². The summed E-state index contributed by atoms with van der Waals surface area (Å²) in [6.07, 6.45) is 0.628. The molecule has 0 unspecified atom stereocenters. The van der Waals surface area contributed by atoms with Gasteiger partial charge in [0, 0.05) is 12.2 Å². The van der Waals surface area contributed by atoms with Crippen molar-refractivity contribution in [2.24, 2.45) is 0 Å². The van der Waals surface area contributed by atoms with E-state index >= 15 is 0 Å². The topological polar surface area (TPSA) is 53.4 Å². The number of carboxylic acid groups (broad SMARTS) is 1. The van der Waals surface area contributed by atoms with Crippen LogP contribution in [0, 0.1) is 6.92 Å². The summed E-state index contributed by atoms with van der Waals surface area (Å²) in [5.74, 6) is -0.897. The van der Waals surface area contributed by atoms with Crippen molar-refractivity contribution in [3.05, 3.63) is 40.4 Å². The molecule has 20 heavy (non-hydrogen) atoms. The van der Waals surface area contributed by atoms with E-state index in [1.807, 2.05) is 43.9 Å². The number of hydrogen-bond donors (Lipinski definition) is 1. The Hall–Kier alpha value is -1.88. The van der Waals surface area contributed by atoms with E-state index in [9.17, 15) is 9.90 Å². The van der Waals surface area contributed by atoms with Crippen molar-refractivity contribution in [1.82, 2.24) is 4.98 Å². The van der Waals surface area contributed by atoms with Gasteiger partial charge >= 0.3 is 5.97 Å². The van der Waals surface area contributed by atoms with Crippen molar-refractivity contribution >= 4 is 28.1 Å².